The zero-order valence-electron chi connectivity index (χ0n) is 16.0. The number of hydrogen-bond donors (Lipinski definition) is 1. The Morgan fingerprint density at radius 1 is 1.32 bits per heavy atom. The summed E-state index contributed by atoms with van der Waals surface area (Å²) in [6.07, 6.45) is -0.480. The van der Waals surface area contributed by atoms with Crippen LogP contribution in [0, 0.1) is 23.1 Å². The highest BCUT2D eigenvalue weighted by molar-refractivity contribution is 5.81. The van der Waals surface area contributed by atoms with Crippen LogP contribution in [0.5, 0.6) is 0 Å². The zero-order chi connectivity index (χ0) is 20.3. The van der Waals surface area contributed by atoms with Crippen LogP contribution in [0.15, 0.2) is 30.3 Å². The monoisotopic (exact) mass is 382 g/mol. The SMILES string of the molecule is CC(C)c1ccc(CC(=O)CC2CN(c3ccc(C#N)nn3)C[C@H]2O)c(F)c1. The molecule has 1 aromatic heterocycles. The minimum absolute atomic E-state index is 0.0180. The first-order valence-electron chi connectivity index (χ1n) is 9.34. The highest BCUT2D eigenvalue weighted by Crippen LogP contribution is 2.26. The second-order valence-corrected chi connectivity index (χ2v) is 7.55. The number of aromatic nitrogens is 2. The maximum atomic E-state index is 14.3. The van der Waals surface area contributed by atoms with E-state index >= 15 is 0 Å². The van der Waals surface area contributed by atoms with Crippen LogP contribution >= 0.6 is 0 Å². The molecular formula is C21H23FN4O2. The molecule has 6 nitrogen and oxygen atoms in total. The molecule has 1 fully saturated rings. The van der Waals surface area contributed by atoms with Crippen molar-refractivity contribution in [3.63, 3.8) is 0 Å². The van der Waals surface area contributed by atoms with Gasteiger partial charge in [-0.25, -0.2) is 4.39 Å². The van der Waals surface area contributed by atoms with E-state index < -0.39 is 6.10 Å². The van der Waals surface area contributed by atoms with Gasteiger partial charge in [0, 0.05) is 31.8 Å². The number of carbonyl (C=O) groups excluding carboxylic acids is 1. The number of aliphatic hydroxyl groups excluding tert-OH is 1. The van der Waals surface area contributed by atoms with E-state index in [4.69, 9.17) is 5.26 Å². The molecule has 0 radical (unpaired) electrons. The highest BCUT2D eigenvalue weighted by Gasteiger charge is 2.33. The van der Waals surface area contributed by atoms with Crippen LogP contribution < -0.4 is 4.90 Å². The van der Waals surface area contributed by atoms with Crippen molar-refractivity contribution in [2.45, 2.75) is 38.7 Å². The number of halogens is 1. The van der Waals surface area contributed by atoms with E-state index in [2.05, 4.69) is 10.2 Å². The van der Waals surface area contributed by atoms with Gasteiger partial charge in [0.1, 0.15) is 17.7 Å². The maximum absolute atomic E-state index is 14.3. The summed E-state index contributed by atoms with van der Waals surface area (Å²) in [6, 6.07) is 10.2. The molecule has 0 spiro atoms. The first kappa shape index (κ1) is 19.9. The number of Topliss-reactive ketones (excluding diaryl/α,β-unsaturated/α-hetero) is 1. The standard InChI is InChI=1S/C21H23FN4O2/c1-13(2)14-3-4-15(19(22)9-14)7-18(27)8-16-11-26(12-20(16)28)21-6-5-17(10-23)24-25-21/h3-6,9,13,16,20,28H,7-8,11-12H2,1-2H3/t16?,20-/m1/s1. The first-order valence-corrected chi connectivity index (χ1v) is 9.34. The van der Waals surface area contributed by atoms with Crippen LogP contribution in [0.2, 0.25) is 0 Å². The van der Waals surface area contributed by atoms with Crippen molar-refractivity contribution in [2.24, 2.45) is 5.92 Å². The van der Waals surface area contributed by atoms with Crippen molar-refractivity contribution in [1.82, 2.24) is 10.2 Å². The normalized spacial score (nSPS) is 19.1. The lowest BCUT2D eigenvalue weighted by molar-refractivity contribution is -0.119. The average Bonchev–Trinajstić information content (AvgIpc) is 3.03. The molecular weight excluding hydrogens is 359 g/mol. The van der Waals surface area contributed by atoms with E-state index in [1.807, 2.05) is 30.9 Å². The first-order chi connectivity index (χ1) is 13.4. The van der Waals surface area contributed by atoms with Crippen LogP contribution in [0.1, 0.15) is 43.0 Å². The minimum Gasteiger partial charge on any atom is -0.391 e. The summed E-state index contributed by atoms with van der Waals surface area (Å²) in [6.45, 7) is 4.79. The molecule has 0 aliphatic carbocycles. The van der Waals surface area contributed by atoms with Gasteiger partial charge in [0.15, 0.2) is 11.5 Å². The number of nitriles is 1. The fraction of sp³-hybridized carbons (Fsp3) is 0.429. The smallest absolute Gasteiger partial charge is 0.163 e. The quantitative estimate of drug-likeness (QED) is 0.826. The Morgan fingerprint density at radius 3 is 2.71 bits per heavy atom. The zero-order valence-corrected chi connectivity index (χ0v) is 16.0. The Morgan fingerprint density at radius 2 is 2.11 bits per heavy atom. The van der Waals surface area contributed by atoms with Crippen LogP contribution in [-0.4, -0.2) is 40.3 Å². The number of rotatable bonds is 6. The molecule has 1 N–H and O–H groups in total. The number of benzene rings is 1. The number of ketones is 1. The van der Waals surface area contributed by atoms with Crippen molar-refractivity contribution in [1.29, 1.82) is 5.26 Å². The number of carbonyl (C=O) groups is 1. The molecule has 146 valence electrons. The van der Waals surface area contributed by atoms with Crippen LogP contribution in [0.3, 0.4) is 0 Å². The van der Waals surface area contributed by atoms with Crippen molar-refractivity contribution in [3.05, 3.63) is 53.0 Å². The van der Waals surface area contributed by atoms with Gasteiger partial charge < -0.3 is 10.0 Å². The lowest BCUT2D eigenvalue weighted by atomic mass is 9.94. The maximum Gasteiger partial charge on any atom is 0.163 e. The average molecular weight is 382 g/mol. The van der Waals surface area contributed by atoms with Gasteiger partial charge in [-0.3, -0.25) is 4.79 Å². The molecule has 1 saturated heterocycles. The van der Waals surface area contributed by atoms with E-state index in [0.29, 0.717) is 24.5 Å². The third-order valence-electron chi connectivity index (χ3n) is 5.12. The highest BCUT2D eigenvalue weighted by atomic mass is 19.1. The van der Waals surface area contributed by atoms with Gasteiger partial charge in [-0.15, -0.1) is 10.2 Å². The molecule has 0 bridgehead atoms. The summed E-state index contributed by atoms with van der Waals surface area (Å²) >= 11 is 0. The Kier molecular flexibility index (Phi) is 6.00. The third kappa shape index (κ3) is 4.52. The Balaban J connectivity index is 1.60. The van der Waals surface area contributed by atoms with Gasteiger partial charge in [-0.1, -0.05) is 26.0 Å². The molecule has 0 amide bonds. The molecule has 3 rings (SSSR count). The second kappa shape index (κ2) is 8.44. The molecule has 1 aromatic carbocycles. The predicted molar refractivity (Wildman–Crippen MR) is 102 cm³/mol. The van der Waals surface area contributed by atoms with E-state index in [-0.39, 0.29) is 42.0 Å². The van der Waals surface area contributed by atoms with Crippen LogP contribution in [-0.2, 0) is 11.2 Å². The fourth-order valence-electron chi connectivity index (χ4n) is 3.44. The van der Waals surface area contributed by atoms with Gasteiger partial charge in [0.2, 0.25) is 0 Å². The lowest BCUT2D eigenvalue weighted by Gasteiger charge is -2.16. The van der Waals surface area contributed by atoms with Crippen molar-refractivity contribution in [2.75, 3.05) is 18.0 Å². The summed E-state index contributed by atoms with van der Waals surface area (Å²) in [4.78, 5) is 14.3. The molecule has 1 unspecified atom stereocenters. The second-order valence-electron chi connectivity index (χ2n) is 7.55. The fourth-order valence-corrected chi connectivity index (χ4v) is 3.44. The minimum atomic E-state index is -0.672. The Bertz CT molecular complexity index is 892. The number of β-amino-alcohol motifs (C(OH)–C–C–N with tert-alkyl or cyclic N) is 1. The number of anilines is 1. The molecule has 1 aliphatic heterocycles. The van der Waals surface area contributed by atoms with E-state index in [1.54, 1.807) is 18.2 Å². The molecule has 2 heterocycles. The van der Waals surface area contributed by atoms with Crippen molar-refractivity contribution < 1.29 is 14.3 Å². The summed E-state index contributed by atoms with van der Waals surface area (Å²) in [5.41, 5.74) is 1.51. The molecule has 28 heavy (non-hydrogen) atoms. The van der Waals surface area contributed by atoms with Crippen LogP contribution in [0.25, 0.3) is 0 Å². The number of aliphatic hydroxyl groups is 1. The van der Waals surface area contributed by atoms with Gasteiger partial charge in [-0.2, -0.15) is 5.26 Å². The van der Waals surface area contributed by atoms with Gasteiger partial charge in [0.05, 0.1) is 6.10 Å². The summed E-state index contributed by atoms with van der Waals surface area (Å²) in [7, 11) is 0. The number of nitrogens with zero attached hydrogens (tertiary/aromatic N) is 4. The summed E-state index contributed by atoms with van der Waals surface area (Å²) in [5, 5.41) is 26.9. The molecule has 2 aromatic rings. The van der Waals surface area contributed by atoms with E-state index in [9.17, 15) is 14.3 Å². The summed E-state index contributed by atoms with van der Waals surface area (Å²) < 4.78 is 14.3. The topological polar surface area (TPSA) is 90.1 Å². The molecule has 1 aliphatic rings. The molecule has 7 heteroatoms. The van der Waals surface area contributed by atoms with Crippen molar-refractivity contribution in [3.8, 4) is 6.07 Å². The predicted octanol–water partition coefficient (Wildman–Crippen LogP) is 2.61. The number of hydrogen-bond acceptors (Lipinski definition) is 6. The van der Waals surface area contributed by atoms with Crippen molar-refractivity contribution >= 4 is 11.6 Å². The van der Waals surface area contributed by atoms with E-state index in [0.717, 1.165) is 5.56 Å². The lowest BCUT2D eigenvalue weighted by Crippen LogP contribution is -2.22. The molecule has 0 saturated carbocycles. The van der Waals surface area contributed by atoms with Gasteiger partial charge in [-0.05, 0) is 35.2 Å². The summed E-state index contributed by atoms with van der Waals surface area (Å²) in [5.74, 6) is 0.0736. The third-order valence-corrected chi connectivity index (χ3v) is 5.12. The molecule has 2 atom stereocenters. The largest absolute Gasteiger partial charge is 0.391 e. The van der Waals surface area contributed by atoms with Gasteiger partial charge >= 0.3 is 0 Å². The van der Waals surface area contributed by atoms with E-state index in [1.165, 1.54) is 6.07 Å². The van der Waals surface area contributed by atoms with Gasteiger partial charge in [0.25, 0.3) is 0 Å². The Labute approximate surface area is 163 Å². The Hall–Kier alpha value is -2.85. The van der Waals surface area contributed by atoms with Crippen LogP contribution in [0.4, 0.5) is 10.2 Å².